The van der Waals surface area contributed by atoms with Crippen molar-refractivity contribution in [2.45, 2.75) is 38.6 Å². The molecule has 7 nitrogen and oxygen atoms in total. The molecule has 0 spiro atoms. The third kappa shape index (κ3) is 2.67. The molecule has 2 atom stereocenters. The molecule has 0 radical (unpaired) electrons. The summed E-state index contributed by atoms with van der Waals surface area (Å²) in [5.74, 6) is 0.446. The van der Waals surface area contributed by atoms with E-state index in [1.807, 2.05) is 4.90 Å². The Hall–Kier alpha value is -2.05. The Bertz CT molecular complexity index is 620. The highest BCUT2D eigenvalue weighted by molar-refractivity contribution is 5.92. The Kier molecular flexibility index (Phi) is 4.04. The van der Waals surface area contributed by atoms with Crippen LogP contribution in [-0.4, -0.2) is 57.5 Å². The van der Waals surface area contributed by atoms with Gasteiger partial charge in [-0.15, -0.1) is 0 Å². The number of carbonyl (C=O) groups is 2. The maximum Gasteiger partial charge on any atom is 0.271 e. The van der Waals surface area contributed by atoms with Crippen LogP contribution in [0, 0.1) is 5.92 Å². The molecule has 0 aromatic carbocycles. The number of aromatic nitrogens is 2. The van der Waals surface area contributed by atoms with Crippen molar-refractivity contribution in [3.63, 3.8) is 0 Å². The zero-order chi connectivity index (χ0) is 15.7. The van der Waals surface area contributed by atoms with E-state index >= 15 is 0 Å². The summed E-state index contributed by atoms with van der Waals surface area (Å²) < 4.78 is 0. The molecular formula is C15H22N4O3. The minimum absolute atomic E-state index is 0.143. The molecule has 1 aromatic heterocycles. The highest BCUT2D eigenvalue weighted by Gasteiger charge is 2.40. The van der Waals surface area contributed by atoms with Crippen LogP contribution in [0.3, 0.4) is 0 Å². The maximum absolute atomic E-state index is 12.4. The van der Waals surface area contributed by atoms with Gasteiger partial charge in [0, 0.05) is 38.2 Å². The molecule has 3 rings (SSSR count). The average molecular weight is 306 g/mol. The van der Waals surface area contributed by atoms with Crippen LogP contribution in [0.5, 0.6) is 0 Å². The standard InChI is InChI=1S/C15H22N4O3/c1-2-6-19-12-5-7-18(9-10(12)3-4-14(19)21)15(22)11-8-13(20)17-16-11/h8,10,12H,2-7,9H2,1H3,(H2,16,17,20)/t10-,12+/m0/s1. The number of piperidine rings is 2. The van der Waals surface area contributed by atoms with Crippen molar-refractivity contribution < 1.29 is 9.59 Å². The van der Waals surface area contributed by atoms with Crippen molar-refractivity contribution in [2.75, 3.05) is 19.6 Å². The van der Waals surface area contributed by atoms with Crippen molar-refractivity contribution in [1.82, 2.24) is 20.0 Å². The molecule has 0 saturated carbocycles. The largest absolute Gasteiger partial charge is 0.339 e. The second-order valence-electron chi connectivity index (χ2n) is 6.17. The minimum atomic E-state index is -0.296. The molecule has 2 aliphatic rings. The van der Waals surface area contributed by atoms with Gasteiger partial charge < -0.3 is 9.80 Å². The summed E-state index contributed by atoms with van der Waals surface area (Å²) >= 11 is 0. The molecule has 2 N–H and O–H groups in total. The highest BCUT2D eigenvalue weighted by atomic mass is 16.2. The Morgan fingerprint density at radius 2 is 2.14 bits per heavy atom. The second-order valence-corrected chi connectivity index (χ2v) is 6.17. The summed E-state index contributed by atoms with van der Waals surface area (Å²) in [6, 6.07) is 1.55. The summed E-state index contributed by atoms with van der Waals surface area (Å²) in [5.41, 5.74) is 0.0105. The predicted molar refractivity (Wildman–Crippen MR) is 80.4 cm³/mol. The number of nitrogens with zero attached hydrogens (tertiary/aromatic N) is 2. The fraction of sp³-hybridized carbons (Fsp3) is 0.667. The number of amides is 2. The van der Waals surface area contributed by atoms with Gasteiger partial charge in [-0.1, -0.05) is 6.92 Å². The maximum atomic E-state index is 12.4. The van der Waals surface area contributed by atoms with E-state index in [1.54, 1.807) is 4.90 Å². The van der Waals surface area contributed by atoms with Crippen LogP contribution in [0.2, 0.25) is 0 Å². The van der Waals surface area contributed by atoms with Crippen LogP contribution in [0.1, 0.15) is 43.1 Å². The van der Waals surface area contributed by atoms with E-state index in [4.69, 9.17) is 0 Å². The lowest BCUT2D eigenvalue weighted by atomic mass is 9.83. The molecule has 7 heteroatoms. The van der Waals surface area contributed by atoms with Crippen molar-refractivity contribution in [2.24, 2.45) is 5.92 Å². The van der Waals surface area contributed by atoms with Crippen molar-refractivity contribution >= 4 is 11.8 Å². The summed E-state index contributed by atoms with van der Waals surface area (Å²) in [4.78, 5) is 39.4. The lowest BCUT2D eigenvalue weighted by Crippen LogP contribution is -2.57. The average Bonchev–Trinajstić information content (AvgIpc) is 2.95. The highest BCUT2D eigenvalue weighted by Crippen LogP contribution is 2.31. The molecule has 2 aliphatic heterocycles. The van der Waals surface area contributed by atoms with Gasteiger partial charge >= 0.3 is 0 Å². The van der Waals surface area contributed by atoms with Crippen molar-refractivity contribution in [1.29, 1.82) is 0 Å². The summed E-state index contributed by atoms with van der Waals surface area (Å²) in [6.07, 6.45) is 3.19. The number of rotatable bonds is 3. The van der Waals surface area contributed by atoms with Crippen molar-refractivity contribution in [3.8, 4) is 0 Å². The molecule has 1 aromatic rings. The van der Waals surface area contributed by atoms with Crippen LogP contribution >= 0.6 is 0 Å². The zero-order valence-electron chi connectivity index (χ0n) is 12.8. The molecule has 2 saturated heterocycles. The Morgan fingerprint density at radius 1 is 1.32 bits per heavy atom. The monoisotopic (exact) mass is 306 g/mol. The van der Waals surface area contributed by atoms with Crippen LogP contribution in [0.25, 0.3) is 0 Å². The lowest BCUT2D eigenvalue weighted by Gasteiger charge is -2.47. The zero-order valence-corrected chi connectivity index (χ0v) is 12.8. The molecule has 3 heterocycles. The third-order valence-electron chi connectivity index (χ3n) is 4.72. The summed E-state index contributed by atoms with van der Waals surface area (Å²) in [7, 11) is 0. The molecule has 2 amide bonds. The molecule has 0 unspecified atom stereocenters. The van der Waals surface area contributed by atoms with Gasteiger partial charge in [0.15, 0.2) is 0 Å². The van der Waals surface area contributed by atoms with Gasteiger partial charge in [0.1, 0.15) is 5.69 Å². The number of fused-ring (bicyclic) bond motifs is 1. The van der Waals surface area contributed by atoms with Crippen LogP contribution in [-0.2, 0) is 4.79 Å². The van der Waals surface area contributed by atoms with E-state index in [0.29, 0.717) is 31.1 Å². The van der Waals surface area contributed by atoms with Gasteiger partial charge in [0.25, 0.3) is 11.5 Å². The van der Waals surface area contributed by atoms with Gasteiger partial charge in [0.2, 0.25) is 5.91 Å². The van der Waals surface area contributed by atoms with E-state index in [2.05, 4.69) is 17.1 Å². The van der Waals surface area contributed by atoms with Gasteiger partial charge in [-0.3, -0.25) is 24.6 Å². The normalized spacial score (nSPS) is 25.2. The van der Waals surface area contributed by atoms with Gasteiger partial charge in [-0.25, -0.2) is 0 Å². The third-order valence-corrected chi connectivity index (χ3v) is 4.72. The second kappa shape index (κ2) is 5.98. The number of nitrogens with one attached hydrogen (secondary N) is 2. The fourth-order valence-electron chi connectivity index (χ4n) is 3.68. The van der Waals surface area contributed by atoms with Crippen molar-refractivity contribution in [3.05, 3.63) is 22.1 Å². The van der Waals surface area contributed by atoms with Crippen LogP contribution in [0.15, 0.2) is 10.9 Å². The quantitative estimate of drug-likeness (QED) is 0.855. The molecular weight excluding hydrogens is 284 g/mol. The van der Waals surface area contributed by atoms with Gasteiger partial charge in [-0.05, 0) is 25.2 Å². The Balaban J connectivity index is 1.70. The van der Waals surface area contributed by atoms with E-state index in [0.717, 1.165) is 25.8 Å². The van der Waals surface area contributed by atoms with Gasteiger partial charge in [-0.2, -0.15) is 0 Å². The summed E-state index contributed by atoms with van der Waals surface area (Å²) in [5, 5.41) is 5.01. The van der Waals surface area contributed by atoms with Crippen LogP contribution in [0.4, 0.5) is 0 Å². The Morgan fingerprint density at radius 3 is 2.82 bits per heavy atom. The first kappa shape index (κ1) is 14.9. The van der Waals surface area contributed by atoms with E-state index in [9.17, 15) is 14.4 Å². The van der Waals surface area contributed by atoms with E-state index in [1.165, 1.54) is 6.07 Å². The van der Waals surface area contributed by atoms with E-state index in [-0.39, 0.29) is 23.4 Å². The smallest absolute Gasteiger partial charge is 0.271 e. The number of H-pyrrole nitrogens is 2. The molecule has 0 aliphatic carbocycles. The molecule has 22 heavy (non-hydrogen) atoms. The van der Waals surface area contributed by atoms with Crippen LogP contribution < -0.4 is 5.56 Å². The topological polar surface area (TPSA) is 89.3 Å². The van der Waals surface area contributed by atoms with Gasteiger partial charge in [0.05, 0.1) is 0 Å². The number of hydrogen-bond donors (Lipinski definition) is 2. The SMILES string of the molecule is CCCN1C(=O)CC[C@H]2CN(C(=O)c3cc(=O)[nH][nH]3)CC[C@H]21. The first-order valence-electron chi connectivity index (χ1n) is 7.96. The first-order valence-corrected chi connectivity index (χ1v) is 7.96. The lowest BCUT2D eigenvalue weighted by molar-refractivity contribution is -0.140. The number of carbonyl (C=O) groups excluding carboxylic acids is 2. The molecule has 0 bridgehead atoms. The number of hydrogen-bond acceptors (Lipinski definition) is 3. The van der Waals surface area contributed by atoms with E-state index < -0.39 is 0 Å². The molecule has 2 fully saturated rings. The number of aromatic amines is 2. The number of likely N-dealkylation sites (tertiary alicyclic amines) is 2. The fourth-order valence-corrected chi connectivity index (χ4v) is 3.68. The minimum Gasteiger partial charge on any atom is -0.339 e. The molecule has 120 valence electrons. The Labute approximate surface area is 128 Å². The predicted octanol–water partition coefficient (Wildman–Crippen LogP) is 0.566. The summed E-state index contributed by atoms with van der Waals surface area (Å²) in [6.45, 7) is 4.17. The first-order chi connectivity index (χ1) is 10.6.